The highest BCUT2D eigenvalue weighted by Crippen LogP contribution is 2.29. The summed E-state index contributed by atoms with van der Waals surface area (Å²) >= 11 is 0. The largest absolute Gasteiger partial charge is 0.308 e. The van der Waals surface area contributed by atoms with Crippen molar-refractivity contribution < 1.29 is 0 Å². The van der Waals surface area contributed by atoms with E-state index in [2.05, 4.69) is 44.6 Å². The first-order valence-electron chi connectivity index (χ1n) is 8.00. The highest BCUT2D eigenvalue weighted by Gasteiger charge is 2.19. The maximum atomic E-state index is 4.77. The molecule has 0 spiro atoms. The summed E-state index contributed by atoms with van der Waals surface area (Å²) in [5.74, 6) is 0. The van der Waals surface area contributed by atoms with Crippen LogP contribution in [0.1, 0.15) is 62.5 Å². The minimum atomic E-state index is 0.177. The Morgan fingerprint density at radius 1 is 1.43 bits per heavy atom. The third kappa shape index (κ3) is 3.50. The van der Waals surface area contributed by atoms with Crippen molar-refractivity contribution in [1.29, 1.82) is 0 Å². The lowest BCUT2D eigenvalue weighted by Gasteiger charge is -2.15. The quantitative estimate of drug-likeness (QED) is 0.820. The van der Waals surface area contributed by atoms with Crippen molar-refractivity contribution in [1.82, 2.24) is 30.5 Å². The topological polar surface area (TPSA) is 71.4 Å². The second-order valence-corrected chi connectivity index (χ2v) is 5.83. The second kappa shape index (κ2) is 6.85. The van der Waals surface area contributed by atoms with Crippen LogP contribution in [0.25, 0.3) is 0 Å². The van der Waals surface area contributed by atoms with E-state index in [-0.39, 0.29) is 6.04 Å². The Hall–Kier alpha value is -1.69. The third-order valence-corrected chi connectivity index (χ3v) is 4.21. The van der Waals surface area contributed by atoms with Gasteiger partial charge >= 0.3 is 0 Å². The van der Waals surface area contributed by atoms with Crippen molar-refractivity contribution in [3.8, 4) is 0 Å². The fourth-order valence-corrected chi connectivity index (χ4v) is 3.05. The molecular weight excluding hydrogens is 264 g/mol. The molecule has 0 aromatic carbocycles. The number of nitrogens with zero attached hydrogens (tertiary/aromatic N) is 4. The van der Waals surface area contributed by atoms with Gasteiger partial charge < -0.3 is 5.32 Å². The summed E-state index contributed by atoms with van der Waals surface area (Å²) in [5.41, 5.74) is 2.08. The van der Waals surface area contributed by atoms with E-state index >= 15 is 0 Å². The Balaban J connectivity index is 1.67. The first-order valence-corrected chi connectivity index (χ1v) is 8.00. The lowest BCUT2D eigenvalue weighted by molar-refractivity contribution is 0.455. The van der Waals surface area contributed by atoms with E-state index < -0.39 is 0 Å². The first-order chi connectivity index (χ1) is 10.4. The Kier molecular flexibility index (Phi) is 4.65. The van der Waals surface area contributed by atoms with Crippen LogP contribution in [0.4, 0.5) is 0 Å². The zero-order valence-electron chi connectivity index (χ0n) is 12.6. The van der Waals surface area contributed by atoms with Crippen molar-refractivity contribution in [3.63, 3.8) is 0 Å². The van der Waals surface area contributed by atoms with Crippen LogP contribution in [-0.4, -0.2) is 31.7 Å². The number of H-pyrrole nitrogens is 1. The van der Waals surface area contributed by atoms with Gasteiger partial charge in [-0.3, -0.25) is 4.68 Å². The number of aromatic amines is 1. The fraction of sp³-hybridized carbons (Fsp3) is 0.667. The minimum Gasteiger partial charge on any atom is -0.308 e. The van der Waals surface area contributed by atoms with Crippen LogP contribution in [0.15, 0.2) is 18.5 Å². The maximum absolute atomic E-state index is 4.77. The molecule has 6 heteroatoms. The van der Waals surface area contributed by atoms with E-state index in [0.29, 0.717) is 6.04 Å². The Morgan fingerprint density at radius 3 is 3.00 bits per heavy atom. The monoisotopic (exact) mass is 288 g/mol. The number of hydrogen-bond acceptors (Lipinski definition) is 4. The molecule has 3 rings (SSSR count). The third-order valence-electron chi connectivity index (χ3n) is 4.21. The summed E-state index contributed by atoms with van der Waals surface area (Å²) in [5, 5.41) is 19.1. The van der Waals surface area contributed by atoms with Gasteiger partial charge in [0, 0.05) is 12.6 Å². The standard InChI is InChI=1S/C15H24N6/c1-2-8-16-14(15-11-17-20-18-15)10-12-7-9-21(19-12)13-5-3-4-6-13/h7,9,11,13-14,16H,2-6,8,10H2,1H3,(H,17,18,20). The van der Waals surface area contributed by atoms with Crippen LogP contribution < -0.4 is 5.32 Å². The molecular formula is C15H24N6. The number of aromatic nitrogens is 5. The van der Waals surface area contributed by atoms with Crippen LogP contribution in [0.5, 0.6) is 0 Å². The Labute approximate surface area is 125 Å². The van der Waals surface area contributed by atoms with Crippen molar-refractivity contribution in [2.75, 3.05) is 6.54 Å². The lowest BCUT2D eigenvalue weighted by Crippen LogP contribution is -2.24. The van der Waals surface area contributed by atoms with E-state index in [1.807, 2.05) is 0 Å². The SMILES string of the molecule is CCCNC(Cc1ccn(C2CCCC2)n1)c1cn[nH]n1. The summed E-state index contributed by atoms with van der Waals surface area (Å²) in [6.07, 6.45) is 11.1. The fourth-order valence-electron chi connectivity index (χ4n) is 3.05. The second-order valence-electron chi connectivity index (χ2n) is 5.83. The maximum Gasteiger partial charge on any atom is 0.0997 e. The highest BCUT2D eigenvalue weighted by atomic mass is 15.3. The summed E-state index contributed by atoms with van der Waals surface area (Å²) < 4.78 is 2.15. The van der Waals surface area contributed by atoms with E-state index in [9.17, 15) is 0 Å². The van der Waals surface area contributed by atoms with Gasteiger partial charge in [-0.15, -0.1) is 0 Å². The van der Waals surface area contributed by atoms with Gasteiger partial charge in [-0.05, 0) is 31.9 Å². The average Bonchev–Trinajstić information content (AvgIpc) is 3.24. The van der Waals surface area contributed by atoms with Crippen LogP contribution in [-0.2, 0) is 6.42 Å². The van der Waals surface area contributed by atoms with Crippen LogP contribution >= 0.6 is 0 Å². The van der Waals surface area contributed by atoms with Gasteiger partial charge in [0.15, 0.2) is 0 Å². The molecule has 1 unspecified atom stereocenters. The molecule has 2 N–H and O–H groups in total. The van der Waals surface area contributed by atoms with Gasteiger partial charge in [0.05, 0.1) is 29.7 Å². The molecule has 1 atom stereocenters. The molecule has 2 aromatic rings. The molecule has 0 radical (unpaired) electrons. The van der Waals surface area contributed by atoms with Crippen LogP contribution in [0.3, 0.4) is 0 Å². The summed E-state index contributed by atoms with van der Waals surface area (Å²) in [7, 11) is 0. The zero-order chi connectivity index (χ0) is 14.5. The van der Waals surface area contributed by atoms with Gasteiger partial charge in [0.25, 0.3) is 0 Å². The molecule has 0 amide bonds. The van der Waals surface area contributed by atoms with Crippen molar-refractivity contribution >= 4 is 0 Å². The zero-order valence-corrected chi connectivity index (χ0v) is 12.6. The van der Waals surface area contributed by atoms with Crippen LogP contribution in [0, 0.1) is 0 Å². The van der Waals surface area contributed by atoms with Gasteiger partial charge in [0.2, 0.25) is 0 Å². The number of rotatable bonds is 7. The van der Waals surface area contributed by atoms with Crippen molar-refractivity contribution in [2.24, 2.45) is 0 Å². The summed E-state index contributed by atoms with van der Waals surface area (Å²) in [4.78, 5) is 0. The predicted molar refractivity (Wildman–Crippen MR) is 80.9 cm³/mol. The molecule has 0 aliphatic heterocycles. The van der Waals surface area contributed by atoms with E-state index in [1.165, 1.54) is 25.7 Å². The van der Waals surface area contributed by atoms with Gasteiger partial charge in [-0.2, -0.15) is 20.5 Å². The van der Waals surface area contributed by atoms with Crippen molar-refractivity contribution in [2.45, 2.75) is 57.5 Å². The Morgan fingerprint density at radius 2 is 2.29 bits per heavy atom. The average molecular weight is 288 g/mol. The van der Waals surface area contributed by atoms with Gasteiger partial charge in [-0.1, -0.05) is 19.8 Å². The molecule has 1 aliphatic carbocycles. The lowest BCUT2D eigenvalue weighted by atomic mass is 10.1. The van der Waals surface area contributed by atoms with Gasteiger partial charge in [-0.25, -0.2) is 0 Å². The van der Waals surface area contributed by atoms with Gasteiger partial charge in [0.1, 0.15) is 0 Å². The Bertz CT molecular complexity index is 526. The molecule has 1 saturated carbocycles. The summed E-state index contributed by atoms with van der Waals surface area (Å²) in [6, 6.07) is 2.92. The first kappa shape index (κ1) is 14.3. The molecule has 1 fully saturated rings. The molecule has 21 heavy (non-hydrogen) atoms. The normalized spacial score (nSPS) is 17.4. The summed E-state index contributed by atoms with van der Waals surface area (Å²) in [6.45, 7) is 3.14. The molecule has 6 nitrogen and oxygen atoms in total. The number of nitrogens with one attached hydrogen (secondary N) is 2. The molecule has 2 aromatic heterocycles. The smallest absolute Gasteiger partial charge is 0.0997 e. The minimum absolute atomic E-state index is 0.177. The van der Waals surface area contributed by atoms with E-state index in [0.717, 1.165) is 30.8 Å². The highest BCUT2D eigenvalue weighted by molar-refractivity contribution is 5.09. The van der Waals surface area contributed by atoms with Crippen LogP contribution in [0.2, 0.25) is 0 Å². The predicted octanol–water partition coefficient (Wildman–Crippen LogP) is 2.40. The molecule has 0 bridgehead atoms. The molecule has 2 heterocycles. The number of hydrogen-bond donors (Lipinski definition) is 2. The molecule has 114 valence electrons. The molecule has 1 aliphatic rings. The van der Waals surface area contributed by atoms with Crippen molar-refractivity contribution in [3.05, 3.63) is 29.8 Å². The van der Waals surface area contributed by atoms with E-state index in [4.69, 9.17) is 5.10 Å². The van der Waals surface area contributed by atoms with E-state index in [1.54, 1.807) is 6.20 Å². The molecule has 0 saturated heterocycles.